The first-order valence-corrected chi connectivity index (χ1v) is 7.15. The fraction of sp³-hybridized carbons (Fsp3) is 0.625. The van der Waals surface area contributed by atoms with Crippen molar-refractivity contribution < 1.29 is 9.84 Å². The standard InChI is InChI=1S/C16H25NO2/c1-4-13-5-7-14(8-6-13)15(18)16(2,3)17-9-11-19-12-10-17/h5-8,15,18H,4,9-12H2,1-3H3. The van der Waals surface area contributed by atoms with Crippen LogP contribution in [0.15, 0.2) is 24.3 Å². The molecule has 1 fully saturated rings. The van der Waals surface area contributed by atoms with Crippen LogP contribution in [0.1, 0.15) is 38.0 Å². The molecular formula is C16H25NO2. The maximum absolute atomic E-state index is 10.7. The number of morpholine rings is 1. The highest BCUT2D eigenvalue weighted by atomic mass is 16.5. The lowest BCUT2D eigenvalue weighted by molar-refractivity contribution is -0.0630. The van der Waals surface area contributed by atoms with Crippen molar-refractivity contribution in [2.24, 2.45) is 0 Å². The van der Waals surface area contributed by atoms with Crippen LogP contribution in [0, 0.1) is 0 Å². The van der Waals surface area contributed by atoms with Gasteiger partial charge in [0.05, 0.1) is 19.3 Å². The number of aliphatic hydroxyl groups excluding tert-OH is 1. The van der Waals surface area contributed by atoms with Crippen molar-refractivity contribution in [2.45, 2.75) is 38.8 Å². The summed E-state index contributed by atoms with van der Waals surface area (Å²) >= 11 is 0. The van der Waals surface area contributed by atoms with E-state index in [9.17, 15) is 5.11 Å². The predicted octanol–water partition coefficient (Wildman–Crippen LogP) is 2.39. The highest BCUT2D eigenvalue weighted by Gasteiger charge is 2.35. The maximum Gasteiger partial charge on any atom is 0.0968 e. The molecule has 1 atom stereocenters. The van der Waals surface area contributed by atoms with Crippen molar-refractivity contribution in [2.75, 3.05) is 26.3 Å². The van der Waals surface area contributed by atoms with Crippen LogP contribution in [0.4, 0.5) is 0 Å². The molecule has 0 bridgehead atoms. The zero-order valence-electron chi connectivity index (χ0n) is 12.2. The summed E-state index contributed by atoms with van der Waals surface area (Å²) < 4.78 is 5.39. The summed E-state index contributed by atoms with van der Waals surface area (Å²) in [6, 6.07) is 8.30. The Balaban J connectivity index is 2.13. The van der Waals surface area contributed by atoms with Gasteiger partial charge >= 0.3 is 0 Å². The lowest BCUT2D eigenvalue weighted by Crippen LogP contribution is -2.53. The van der Waals surface area contributed by atoms with E-state index in [1.54, 1.807) is 0 Å². The number of hydrogen-bond acceptors (Lipinski definition) is 3. The van der Waals surface area contributed by atoms with E-state index in [0.29, 0.717) is 0 Å². The second-order valence-electron chi connectivity index (χ2n) is 5.75. The first-order valence-electron chi connectivity index (χ1n) is 7.15. The van der Waals surface area contributed by atoms with E-state index in [4.69, 9.17) is 4.74 Å². The van der Waals surface area contributed by atoms with Gasteiger partial charge in [-0.1, -0.05) is 31.2 Å². The van der Waals surface area contributed by atoms with E-state index in [1.165, 1.54) is 5.56 Å². The smallest absolute Gasteiger partial charge is 0.0968 e. The second kappa shape index (κ2) is 6.04. The number of aliphatic hydroxyl groups is 1. The van der Waals surface area contributed by atoms with Crippen LogP contribution >= 0.6 is 0 Å². The molecule has 0 aromatic heterocycles. The summed E-state index contributed by atoms with van der Waals surface area (Å²) in [5.74, 6) is 0. The van der Waals surface area contributed by atoms with Gasteiger partial charge in [0.1, 0.15) is 0 Å². The number of hydrogen-bond donors (Lipinski definition) is 1. The number of rotatable bonds is 4. The van der Waals surface area contributed by atoms with Crippen molar-refractivity contribution in [1.82, 2.24) is 4.90 Å². The molecule has 3 heteroatoms. The minimum atomic E-state index is -0.475. The van der Waals surface area contributed by atoms with Crippen molar-refractivity contribution in [1.29, 1.82) is 0 Å². The van der Waals surface area contributed by atoms with Gasteiger partial charge in [-0.2, -0.15) is 0 Å². The zero-order valence-corrected chi connectivity index (χ0v) is 12.2. The Kier molecular flexibility index (Phi) is 4.61. The quantitative estimate of drug-likeness (QED) is 0.905. The van der Waals surface area contributed by atoms with Gasteiger partial charge in [-0.05, 0) is 31.4 Å². The molecule has 106 valence electrons. The molecule has 1 unspecified atom stereocenters. The summed E-state index contributed by atoms with van der Waals surface area (Å²) in [5.41, 5.74) is 2.03. The third-order valence-corrected chi connectivity index (χ3v) is 4.20. The maximum atomic E-state index is 10.7. The van der Waals surface area contributed by atoms with Crippen molar-refractivity contribution in [3.8, 4) is 0 Å². The van der Waals surface area contributed by atoms with Gasteiger partial charge in [0, 0.05) is 18.6 Å². The predicted molar refractivity (Wildman–Crippen MR) is 77.3 cm³/mol. The van der Waals surface area contributed by atoms with Gasteiger partial charge in [0.2, 0.25) is 0 Å². The summed E-state index contributed by atoms with van der Waals surface area (Å²) in [5, 5.41) is 10.7. The fourth-order valence-electron chi connectivity index (χ4n) is 2.66. The lowest BCUT2D eigenvalue weighted by atomic mass is 9.88. The van der Waals surface area contributed by atoms with Crippen LogP contribution in [0.3, 0.4) is 0 Å². The molecule has 0 amide bonds. The number of aryl methyl sites for hydroxylation is 1. The van der Waals surface area contributed by atoms with Crippen molar-refractivity contribution >= 4 is 0 Å². The Morgan fingerprint density at radius 1 is 1.21 bits per heavy atom. The monoisotopic (exact) mass is 263 g/mol. The average molecular weight is 263 g/mol. The molecule has 0 radical (unpaired) electrons. The van der Waals surface area contributed by atoms with Crippen LogP contribution in [-0.4, -0.2) is 41.8 Å². The molecule has 0 aliphatic carbocycles. The van der Waals surface area contributed by atoms with Gasteiger partial charge in [-0.15, -0.1) is 0 Å². The Hall–Kier alpha value is -0.900. The third-order valence-electron chi connectivity index (χ3n) is 4.20. The third kappa shape index (κ3) is 3.16. The van der Waals surface area contributed by atoms with Gasteiger partial charge in [-0.25, -0.2) is 0 Å². The summed E-state index contributed by atoms with van der Waals surface area (Å²) in [4.78, 5) is 2.31. The van der Waals surface area contributed by atoms with Crippen LogP contribution < -0.4 is 0 Å². The summed E-state index contributed by atoms with van der Waals surface area (Å²) in [6.07, 6.45) is 0.556. The van der Waals surface area contributed by atoms with Gasteiger partial charge < -0.3 is 9.84 Å². The molecule has 19 heavy (non-hydrogen) atoms. The van der Waals surface area contributed by atoms with Gasteiger partial charge in [0.15, 0.2) is 0 Å². The molecular weight excluding hydrogens is 238 g/mol. The minimum absolute atomic E-state index is 0.266. The Morgan fingerprint density at radius 3 is 2.32 bits per heavy atom. The van der Waals surface area contributed by atoms with Crippen LogP contribution in [0.2, 0.25) is 0 Å². The number of nitrogens with zero attached hydrogens (tertiary/aromatic N) is 1. The molecule has 1 aliphatic heterocycles. The molecule has 0 spiro atoms. The van der Waals surface area contributed by atoms with Crippen LogP contribution in [0.25, 0.3) is 0 Å². The zero-order chi connectivity index (χ0) is 13.9. The lowest BCUT2D eigenvalue weighted by Gasteiger charge is -2.43. The van der Waals surface area contributed by atoms with E-state index in [2.05, 4.69) is 37.8 Å². The summed E-state index contributed by atoms with van der Waals surface area (Å²) in [7, 11) is 0. The molecule has 1 N–H and O–H groups in total. The molecule has 1 saturated heterocycles. The Bertz CT molecular complexity index is 394. The number of ether oxygens (including phenoxy) is 1. The molecule has 1 aliphatic rings. The van der Waals surface area contributed by atoms with E-state index >= 15 is 0 Å². The van der Waals surface area contributed by atoms with Crippen LogP contribution in [0.5, 0.6) is 0 Å². The van der Waals surface area contributed by atoms with Gasteiger partial charge in [-0.3, -0.25) is 4.90 Å². The first kappa shape index (κ1) is 14.5. The molecule has 1 aromatic rings. The molecule has 3 nitrogen and oxygen atoms in total. The molecule has 0 saturated carbocycles. The average Bonchev–Trinajstić information content (AvgIpc) is 2.47. The first-order chi connectivity index (χ1) is 9.05. The topological polar surface area (TPSA) is 32.7 Å². The normalized spacial score (nSPS) is 19.4. The van der Waals surface area contributed by atoms with E-state index < -0.39 is 6.10 Å². The SMILES string of the molecule is CCc1ccc(C(O)C(C)(C)N2CCOCC2)cc1. The molecule has 2 rings (SSSR count). The Morgan fingerprint density at radius 2 is 1.79 bits per heavy atom. The van der Waals surface area contributed by atoms with E-state index in [-0.39, 0.29) is 5.54 Å². The number of benzene rings is 1. The minimum Gasteiger partial charge on any atom is -0.386 e. The molecule has 1 aromatic carbocycles. The second-order valence-corrected chi connectivity index (χ2v) is 5.75. The van der Waals surface area contributed by atoms with E-state index in [0.717, 1.165) is 38.3 Å². The highest BCUT2D eigenvalue weighted by molar-refractivity contribution is 5.26. The molecule has 1 heterocycles. The van der Waals surface area contributed by atoms with Crippen molar-refractivity contribution in [3.63, 3.8) is 0 Å². The fourth-order valence-corrected chi connectivity index (χ4v) is 2.66. The van der Waals surface area contributed by atoms with Gasteiger partial charge in [0.25, 0.3) is 0 Å². The van der Waals surface area contributed by atoms with Crippen LogP contribution in [-0.2, 0) is 11.2 Å². The summed E-state index contributed by atoms with van der Waals surface area (Å²) in [6.45, 7) is 9.64. The van der Waals surface area contributed by atoms with Crippen molar-refractivity contribution in [3.05, 3.63) is 35.4 Å². The highest BCUT2D eigenvalue weighted by Crippen LogP contribution is 2.31. The Labute approximate surface area is 116 Å². The largest absolute Gasteiger partial charge is 0.386 e. The van der Waals surface area contributed by atoms with E-state index in [1.807, 2.05) is 12.1 Å².